The van der Waals surface area contributed by atoms with Gasteiger partial charge in [0.2, 0.25) is 0 Å². The monoisotopic (exact) mass is 196 g/mol. The Kier molecular flexibility index (Phi) is 3.03. The fourth-order valence-corrected chi connectivity index (χ4v) is 1.56. The molecule has 1 unspecified atom stereocenters. The van der Waals surface area contributed by atoms with Crippen LogP contribution in [0, 0.1) is 0 Å². The largest absolute Gasteiger partial charge is 0.488 e. The van der Waals surface area contributed by atoms with E-state index in [0.29, 0.717) is 6.61 Å². The van der Waals surface area contributed by atoms with Gasteiger partial charge in [0.1, 0.15) is 6.61 Å². The standard InChI is InChI=1S/C10H16N2O2/c1-2-12-7-10(6-11-12)14-8-9-4-3-5-13-9/h6-7,9H,2-5,8H2,1H3. The van der Waals surface area contributed by atoms with E-state index in [1.165, 1.54) is 0 Å². The molecular formula is C10H16N2O2. The normalized spacial score (nSPS) is 21.4. The highest BCUT2D eigenvalue weighted by Gasteiger charge is 2.16. The van der Waals surface area contributed by atoms with Crippen LogP contribution in [0.4, 0.5) is 0 Å². The lowest BCUT2D eigenvalue weighted by molar-refractivity contribution is 0.0679. The summed E-state index contributed by atoms with van der Waals surface area (Å²) in [6, 6.07) is 0. The third-order valence-corrected chi connectivity index (χ3v) is 2.39. The van der Waals surface area contributed by atoms with Crippen LogP contribution in [-0.2, 0) is 11.3 Å². The van der Waals surface area contributed by atoms with Gasteiger partial charge in [-0.3, -0.25) is 4.68 Å². The van der Waals surface area contributed by atoms with E-state index in [1.54, 1.807) is 6.20 Å². The molecule has 0 N–H and O–H groups in total. The molecule has 0 aromatic carbocycles. The van der Waals surface area contributed by atoms with Crippen molar-refractivity contribution in [2.45, 2.75) is 32.4 Å². The van der Waals surface area contributed by atoms with Crippen LogP contribution in [0.1, 0.15) is 19.8 Å². The maximum Gasteiger partial charge on any atom is 0.157 e. The molecule has 2 heterocycles. The molecule has 0 bridgehead atoms. The average Bonchev–Trinajstić information content (AvgIpc) is 2.86. The van der Waals surface area contributed by atoms with Gasteiger partial charge in [-0.15, -0.1) is 0 Å². The molecule has 0 aliphatic carbocycles. The van der Waals surface area contributed by atoms with Crippen LogP contribution in [0.15, 0.2) is 12.4 Å². The first-order chi connectivity index (χ1) is 6.88. The summed E-state index contributed by atoms with van der Waals surface area (Å²) < 4.78 is 12.9. The lowest BCUT2D eigenvalue weighted by atomic mass is 10.2. The zero-order chi connectivity index (χ0) is 9.80. The summed E-state index contributed by atoms with van der Waals surface area (Å²) in [5, 5.41) is 4.13. The second-order valence-corrected chi connectivity index (χ2v) is 3.48. The topological polar surface area (TPSA) is 36.3 Å². The van der Waals surface area contributed by atoms with E-state index in [9.17, 15) is 0 Å². The summed E-state index contributed by atoms with van der Waals surface area (Å²) in [5.41, 5.74) is 0. The van der Waals surface area contributed by atoms with Crippen LogP contribution in [0.5, 0.6) is 5.75 Å². The van der Waals surface area contributed by atoms with Crippen molar-refractivity contribution >= 4 is 0 Å². The molecule has 1 atom stereocenters. The summed E-state index contributed by atoms with van der Waals surface area (Å²) in [6.45, 7) is 4.46. The molecule has 1 aromatic rings. The second kappa shape index (κ2) is 4.46. The smallest absolute Gasteiger partial charge is 0.157 e. The third kappa shape index (κ3) is 2.26. The predicted octanol–water partition coefficient (Wildman–Crippen LogP) is 1.46. The van der Waals surface area contributed by atoms with E-state index in [0.717, 1.165) is 31.7 Å². The molecule has 1 aliphatic heterocycles. The van der Waals surface area contributed by atoms with Crippen molar-refractivity contribution in [2.75, 3.05) is 13.2 Å². The van der Waals surface area contributed by atoms with E-state index in [-0.39, 0.29) is 6.10 Å². The van der Waals surface area contributed by atoms with E-state index in [1.807, 2.05) is 10.9 Å². The molecule has 0 radical (unpaired) electrons. The molecule has 2 rings (SSSR count). The number of rotatable bonds is 4. The SMILES string of the molecule is CCn1cc(OCC2CCCO2)cn1. The van der Waals surface area contributed by atoms with Gasteiger partial charge in [0.15, 0.2) is 5.75 Å². The van der Waals surface area contributed by atoms with Crippen LogP contribution in [0.3, 0.4) is 0 Å². The van der Waals surface area contributed by atoms with Crippen LogP contribution in [0.25, 0.3) is 0 Å². The maximum absolute atomic E-state index is 5.56. The average molecular weight is 196 g/mol. The number of nitrogens with zero attached hydrogens (tertiary/aromatic N) is 2. The van der Waals surface area contributed by atoms with Crippen LogP contribution in [0.2, 0.25) is 0 Å². The Balaban J connectivity index is 1.79. The van der Waals surface area contributed by atoms with Gasteiger partial charge in [0.25, 0.3) is 0 Å². The lowest BCUT2D eigenvalue weighted by Crippen LogP contribution is -2.15. The van der Waals surface area contributed by atoms with Gasteiger partial charge < -0.3 is 9.47 Å². The van der Waals surface area contributed by atoms with Gasteiger partial charge in [0.05, 0.1) is 18.5 Å². The van der Waals surface area contributed by atoms with Crippen LogP contribution in [-0.4, -0.2) is 29.1 Å². The van der Waals surface area contributed by atoms with Crippen molar-refractivity contribution in [2.24, 2.45) is 0 Å². The minimum atomic E-state index is 0.278. The van der Waals surface area contributed by atoms with Crippen molar-refractivity contribution < 1.29 is 9.47 Å². The van der Waals surface area contributed by atoms with E-state index >= 15 is 0 Å². The molecule has 0 spiro atoms. The first-order valence-corrected chi connectivity index (χ1v) is 5.15. The molecule has 1 aliphatic rings. The van der Waals surface area contributed by atoms with E-state index in [4.69, 9.17) is 9.47 Å². The highest BCUT2D eigenvalue weighted by molar-refractivity contribution is 5.11. The Morgan fingerprint density at radius 2 is 2.64 bits per heavy atom. The quantitative estimate of drug-likeness (QED) is 0.731. The number of hydrogen-bond acceptors (Lipinski definition) is 3. The minimum Gasteiger partial charge on any atom is -0.488 e. The predicted molar refractivity (Wildman–Crippen MR) is 52.4 cm³/mol. The molecule has 14 heavy (non-hydrogen) atoms. The van der Waals surface area contributed by atoms with Gasteiger partial charge in [-0.25, -0.2) is 0 Å². The zero-order valence-electron chi connectivity index (χ0n) is 8.48. The van der Waals surface area contributed by atoms with Crippen molar-refractivity contribution in [3.63, 3.8) is 0 Å². The molecule has 4 nitrogen and oxygen atoms in total. The summed E-state index contributed by atoms with van der Waals surface area (Å²) in [5.74, 6) is 0.836. The van der Waals surface area contributed by atoms with Crippen molar-refractivity contribution in [1.29, 1.82) is 0 Å². The van der Waals surface area contributed by atoms with Gasteiger partial charge >= 0.3 is 0 Å². The first kappa shape index (κ1) is 9.52. The van der Waals surface area contributed by atoms with Crippen LogP contribution < -0.4 is 4.74 Å². The Labute approximate surface area is 83.8 Å². The Morgan fingerprint density at radius 1 is 1.71 bits per heavy atom. The van der Waals surface area contributed by atoms with Crippen molar-refractivity contribution in [1.82, 2.24) is 9.78 Å². The summed E-state index contributed by atoms with van der Waals surface area (Å²) in [6.07, 6.45) is 6.21. The van der Waals surface area contributed by atoms with Crippen LogP contribution >= 0.6 is 0 Å². The number of hydrogen-bond donors (Lipinski definition) is 0. The van der Waals surface area contributed by atoms with E-state index < -0.39 is 0 Å². The Bertz CT molecular complexity index is 279. The summed E-state index contributed by atoms with van der Waals surface area (Å²) >= 11 is 0. The number of aryl methyl sites for hydroxylation is 1. The fraction of sp³-hybridized carbons (Fsp3) is 0.700. The molecule has 0 amide bonds. The molecule has 1 aromatic heterocycles. The van der Waals surface area contributed by atoms with E-state index in [2.05, 4.69) is 12.0 Å². The fourth-order valence-electron chi connectivity index (χ4n) is 1.56. The molecule has 1 fully saturated rings. The highest BCUT2D eigenvalue weighted by Crippen LogP contribution is 2.14. The molecule has 0 saturated carbocycles. The number of ether oxygens (including phenoxy) is 2. The van der Waals surface area contributed by atoms with Gasteiger partial charge in [-0.1, -0.05) is 0 Å². The zero-order valence-corrected chi connectivity index (χ0v) is 8.48. The van der Waals surface area contributed by atoms with Crippen molar-refractivity contribution in [3.05, 3.63) is 12.4 Å². The highest BCUT2D eigenvalue weighted by atomic mass is 16.5. The third-order valence-electron chi connectivity index (χ3n) is 2.39. The van der Waals surface area contributed by atoms with Gasteiger partial charge in [-0.05, 0) is 19.8 Å². The molecule has 78 valence electrons. The number of aromatic nitrogens is 2. The molecule has 4 heteroatoms. The first-order valence-electron chi connectivity index (χ1n) is 5.15. The Hall–Kier alpha value is -1.03. The summed E-state index contributed by atoms with van der Waals surface area (Å²) in [4.78, 5) is 0. The summed E-state index contributed by atoms with van der Waals surface area (Å²) in [7, 11) is 0. The minimum absolute atomic E-state index is 0.278. The second-order valence-electron chi connectivity index (χ2n) is 3.48. The maximum atomic E-state index is 5.56. The Morgan fingerprint density at radius 3 is 3.29 bits per heavy atom. The van der Waals surface area contributed by atoms with Gasteiger partial charge in [-0.2, -0.15) is 5.10 Å². The molecule has 1 saturated heterocycles. The van der Waals surface area contributed by atoms with Crippen molar-refractivity contribution in [3.8, 4) is 5.75 Å². The lowest BCUT2D eigenvalue weighted by Gasteiger charge is -2.09. The van der Waals surface area contributed by atoms with Gasteiger partial charge in [0, 0.05) is 13.2 Å². The molecular weight excluding hydrogens is 180 g/mol.